The molecule has 0 aromatic carbocycles. The largest absolute Gasteiger partial charge is 0.480 e. The summed E-state index contributed by atoms with van der Waals surface area (Å²) in [7, 11) is 0. The molecule has 1 rings (SSSR count). The number of carbonyl (C=O) groups excluding carboxylic acids is 1. The molecule has 0 saturated heterocycles. The number of carboxylic acid groups (broad SMARTS) is 1. The number of carbonyl (C=O) groups is 2. The number of amides is 1. The molecule has 2 unspecified atom stereocenters. The van der Waals surface area contributed by atoms with Crippen LogP contribution < -0.4 is 11.1 Å². The Morgan fingerprint density at radius 3 is 2.84 bits per heavy atom. The molecule has 19 heavy (non-hydrogen) atoms. The van der Waals surface area contributed by atoms with Crippen molar-refractivity contribution in [2.24, 2.45) is 5.73 Å². The van der Waals surface area contributed by atoms with Crippen LogP contribution in [-0.4, -0.2) is 44.6 Å². The summed E-state index contributed by atoms with van der Waals surface area (Å²) >= 11 is 0. The van der Waals surface area contributed by atoms with Gasteiger partial charge in [-0.2, -0.15) is 0 Å². The van der Waals surface area contributed by atoms with Crippen LogP contribution in [0.1, 0.15) is 32.0 Å². The van der Waals surface area contributed by atoms with E-state index >= 15 is 0 Å². The molecule has 0 aliphatic heterocycles. The minimum Gasteiger partial charge on any atom is -0.480 e. The molecule has 0 fully saturated rings. The number of aliphatic carboxylic acids is 1. The van der Waals surface area contributed by atoms with E-state index in [2.05, 4.69) is 15.6 Å². The Balaban J connectivity index is 2.63. The van der Waals surface area contributed by atoms with E-state index in [0.717, 1.165) is 6.42 Å². The van der Waals surface area contributed by atoms with Gasteiger partial charge >= 0.3 is 5.97 Å². The van der Waals surface area contributed by atoms with Gasteiger partial charge in [-0.05, 0) is 13.3 Å². The van der Waals surface area contributed by atoms with E-state index in [-0.39, 0.29) is 12.3 Å². The minimum absolute atomic E-state index is 0.0820. The van der Waals surface area contributed by atoms with E-state index in [9.17, 15) is 9.59 Å². The fourth-order valence-electron chi connectivity index (χ4n) is 1.42. The molecule has 0 bridgehead atoms. The standard InChI is InChI=1S/C11H19N5O3/c1-3-4-13-10(17)7(2)16-6-8(14-15-16)5-9(12)11(18)19/h6-7,9H,3-5,12H2,1-2H3,(H,13,17)(H,18,19). The predicted octanol–water partition coefficient (Wildman–Crippen LogP) is -0.680. The van der Waals surface area contributed by atoms with Crippen LogP contribution in [0.4, 0.5) is 0 Å². The van der Waals surface area contributed by atoms with Crippen molar-refractivity contribution in [3.63, 3.8) is 0 Å². The highest BCUT2D eigenvalue weighted by atomic mass is 16.4. The molecule has 0 spiro atoms. The fourth-order valence-corrected chi connectivity index (χ4v) is 1.42. The van der Waals surface area contributed by atoms with Crippen LogP contribution in [0.15, 0.2) is 6.20 Å². The summed E-state index contributed by atoms with van der Waals surface area (Å²) in [4.78, 5) is 22.4. The van der Waals surface area contributed by atoms with Gasteiger partial charge in [0, 0.05) is 19.2 Å². The molecule has 8 nitrogen and oxygen atoms in total. The van der Waals surface area contributed by atoms with Crippen LogP contribution in [0.2, 0.25) is 0 Å². The molecular weight excluding hydrogens is 250 g/mol. The van der Waals surface area contributed by atoms with Crippen molar-refractivity contribution in [1.29, 1.82) is 0 Å². The smallest absolute Gasteiger partial charge is 0.320 e. The lowest BCUT2D eigenvalue weighted by Gasteiger charge is -2.11. The first-order chi connectivity index (χ1) is 8.95. The third kappa shape index (κ3) is 4.32. The molecule has 106 valence electrons. The molecule has 0 radical (unpaired) electrons. The fraction of sp³-hybridized carbons (Fsp3) is 0.636. The van der Waals surface area contributed by atoms with E-state index in [1.165, 1.54) is 4.68 Å². The number of nitrogens with zero attached hydrogens (tertiary/aromatic N) is 3. The minimum atomic E-state index is -1.09. The number of hydrogen-bond donors (Lipinski definition) is 3. The van der Waals surface area contributed by atoms with E-state index in [0.29, 0.717) is 12.2 Å². The van der Waals surface area contributed by atoms with Gasteiger partial charge in [0.1, 0.15) is 12.1 Å². The van der Waals surface area contributed by atoms with Crippen molar-refractivity contribution in [2.45, 2.75) is 38.8 Å². The second-order valence-electron chi connectivity index (χ2n) is 4.31. The maximum absolute atomic E-state index is 11.7. The van der Waals surface area contributed by atoms with Gasteiger partial charge in [0.05, 0.1) is 5.69 Å². The van der Waals surface area contributed by atoms with Crippen molar-refractivity contribution in [2.75, 3.05) is 6.54 Å². The van der Waals surface area contributed by atoms with Crippen molar-refractivity contribution >= 4 is 11.9 Å². The number of aromatic nitrogens is 3. The lowest BCUT2D eigenvalue weighted by atomic mass is 10.2. The quantitative estimate of drug-likeness (QED) is 0.602. The van der Waals surface area contributed by atoms with Gasteiger partial charge in [-0.15, -0.1) is 5.10 Å². The first-order valence-electron chi connectivity index (χ1n) is 6.12. The van der Waals surface area contributed by atoms with Crippen molar-refractivity contribution in [3.05, 3.63) is 11.9 Å². The van der Waals surface area contributed by atoms with Gasteiger partial charge in [-0.1, -0.05) is 12.1 Å². The molecule has 0 aliphatic rings. The van der Waals surface area contributed by atoms with Gasteiger partial charge < -0.3 is 16.2 Å². The summed E-state index contributed by atoms with van der Waals surface area (Å²) in [6, 6.07) is -1.51. The molecule has 1 aromatic rings. The highest BCUT2D eigenvalue weighted by Gasteiger charge is 2.18. The Labute approximate surface area is 111 Å². The monoisotopic (exact) mass is 269 g/mol. The number of carboxylic acids is 1. The second kappa shape index (κ2) is 6.83. The zero-order chi connectivity index (χ0) is 14.4. The summed E-state index contributed by atoms with van der Waals surface area (Å²) in [6.07, 6.45) is 2.48. The molecule has 2 atom stereocenters. The number of nitrogens with two attached hydrogens (primary N) is 1. The maximum Gasteiger partial charge on any atom is 0.320 e. The topological polar surface area (TPSA) is 123 Å². The Bertz CT molecular complexity index is 445. The number of nitrogens with one attached hydrogen (secondary N) is 1. The first-order valence-corrected chi connectivity index (χ1v) is 6.12. The van der Waals surface area contributed by atoms with Crippen LogP contribution >= 0.6 is 0 Å². The van der Waals surface area contributed by atoms with Crippen molar-refractivity contribution in [3.8, 4) is 0 Å². The van der Waals surface area contributed by atoms with E-state index < -0.39 is 18.1 Å². The lowest BCUT2D eigenvalue weighted by Crippen LogP contribution is -2.32. The van der Waals surface area contributed by atoms with Crippen LogP contribution in [0.5, 0.6) is 0 Å². The van der Waals surface area contributed by atoms with Gasteiger partial charge in [0.2, 0.25) is 5.91 Å². The van der Waals surface area contributed by atoms with E-state index in [1.807, 2.05) is 6.92 Å². The molecule has 1 amide bonds. The molecule has 1 aromatic heterocycles. The van der Waals surface area contributed by atoms with Crippen LogP contribution in [-0.2, 0) is 16.0 Å². The highest BCUT2D eigenvalue weighted by Crippen LogP contribution is 2.06. The van der Waals surface area contributed by atoms with Crippen LogP contribution in [0, 0.1) is 0 Å². The first kappa shape index (κ1) is 15.1. The molecule has 0 aliphatic carbocycles. The summed E-state index contributed by atoms with van der Waals surface area (Å²) in [5, 5.41) is 19.1. The summed E-state index contributed by atoms with van der Waals surface area (Å²) in [5.74, 6) is -1.25. The SMILES string of the molecule is CCCNC(=O)C(C)n1cc(CC(N)C(=O)O)nn1. The van der Waals surface area contributed by atoms with Gasteiger partial charge in [-0.3, -0.25) is 9.59 Å². The Morgan fingerprint density at radius 1 is 1.58 bits per heavy atom. The van der Waals surface area contributed by atoms with Crippen molar-refractivity contribution in [1.82, 2.24) is 20.3 Å². The third-order valence-electron chi connectivity index (χ3n) is 2.63. The van der Waals surface area contributed by atoms with E-state index in [4.69, 9.17) is 10.8 Å². The summed E-state index contributed by atoms with van der Waals surface area (Å²) in [5.41, 5.74) is 5.85. The zero-order valence-electron chi connectivity index (χ0n) is 11.0. The van der Waals surface area contributed by atoms with Gasteiger partial charge in [0.25, 0.3) is 0 Å². The van der Waals surface area contributed by atoms with Gasteiger partial charge in [0.15, 0.2) is 0 Å². The molecule has 8 heteroatoms. The summed E-state index contributed by atoms with van der Waals surface area (Å²) < 4.78 is 1.40. The predicted molar refractivity (Wildman–Crippen MR) is 67.3 cm³/mol. The summed E-state index contributed by atoms with van der Waals surface area (Å²) in [6.45, 7) is 4.26. The molecule has 4 N–H and O–H groups in total. The van der Waals surface area contributed by atoms with Gasteiger partial charge in [-0.25, -0.2) is 4.68 Å². The van der Waals surface area contributed by atoms with Crippen LogP contribution in [0.25, 0.3) is 0 Å². The Morgan fingerprint density at radius 2 is 2.26 bits per heavy atom. The Kier molecular flexibility index (Phi) is 5.43. The highest BCUT2D eigenvalue weighted by molar-refractivity contribution is 5.79. The second-order valence-corrected chi connectivity index (χ2v) is 4.31. The average Bonchev–Trinajstić information content (AvgIpc) is 2.83. The molecular formula is C11H19N5O3. The van der Waals surface area contributed by atoms with Crippen LogP contribution in [0.3, 0.4) is 0 Å². The lowest BCUT2D eigenvalue weighted by molar-refractivity contribution is -0.138. The third-order valence-corrected chi connectivity index (χ3v) is 2.63. The molecule has 1 heterocycles. The Hall–Kier alpha value is -1.96. The number of hydrogen-bond acceptors (Lipinski definition) is 5. The van der Waals surface area contributed by atoms with Crippen molar-refractivity contribution < 1.29 is 14.7 Å². The zero-order valence-corrected chi connectivity index (χ0v) is 11.0. The average molecular weight is 269 g/mol. The normalized spacial score (nSPS) is 13.8. The van der Waals surface area contributed by atoms with E-state index in [1.54, 1.807) is 13.1 Å². The molecule has 0 saturated carbocycles. The maximum atomic E-state index is 11.7. The number of rotatable bonds is 7.